The molecule has 0 spiro atoms. The lowest BCUT2D eigenvalue weighted by Gasteiger charge is -2.28. The van der Waals surface area contributed by atoms with Gasteiger partial charge in [-0.1, -0.05) is 30.3 Å². The van der Waals surface area contributed by atoms with E-state index in [-0.39, 0.29) is 16.2 Å². The van der Waals surface area contributed by atoms with Crippen molar-refractivity contribution in [3.05, 3.63) is 83.1 Å². The Labute approximate surface area is 187 Å². The molecule has 2 amide bonds. The molecular weight excluding hydrogens is 436 g/mol. The van der Waals surface area contributed by atoms with Gasteiger partial charge in [0.1, 0.15) is 5.57 Å². The summed E-state index contributed by atoms with van der Waals surface area (Å²) in [6.45, 7) is 0.293. The van der Waals surface area contributed by atoms with Crippen molar-refractivity contribution in [3.8, 4) is 17.0 Å². The zero-order valence-electron chi connectivity index (χ0n) is 16.6. The number of rotatable bonds is 5. The summed E-state index contributed by atoms with van der Waals surface area (Å²) in [6, 6.07) is 14.6. The van der Waals surface area contributed by atoms with Crippen LogP contribution in [0.4, 0.5) is 8.78 Å². The number of aromatic amines is 1. The SMILES string of the molecule is O=C1NC(=S)N(CCc2ccccc2)C(=O)C1=Cc1ccc(-c2cc(F)c(O)c(F)c2)[nH]1. The number of hydrogen-bond donors (Lipinski definition) is 3. The van der Waals surface area contributed by atoms with Gasteiger partial charge in [0.25, 0.3) is 11.8 Å². The minimum Gasteiger partial charge on any atom is -0.503 e. The Kier molecular flexibility index (Phi) is 5.83. The molecule has 3 N–H and O–H groups in total. The van der Waals surface area contributed by atoms with E-state index in [4.69, 9.17) is 12.2 Å². The van der Waals surface area contributed by atoms with Crippen molar-refractivity contribution in [3.63, 3.8) is 0 Å². The number of nitrogens with one attached hydrogen (secondary N) is 2. The Hall–Kier alpha value is -3.85. The average molecular weight is 453 g/mol. The molecule has 0 aliphatic carbocycles. The third kappa shape index (κ3) is 4.28. The number of phenols is 1. The van der Waals surface area contributed by atoms with Gasteiger partial charge in [0.2, 0.25) is 0 Å². The topological polar surface area (TPSA) is 85.4 Å². The number of halogens is 2. The van der Waals surface area contributed by atoms with Gasteiger partial charge < -0.3 is 10.1 Å². The van der Waals surface area contributed by atoms with Gasteiger partial charge in [-0.05, 0) is 54.5 Å². The van der Waals surface area contributed by atoms with Gasteiger partial charge in [0, 0.05) is 23.5 Å². The second kappa shape index (κ2) is 8.72. The standard InChI is InChI=1S/C23H17F2N3O3S/c24-17-10-14(11-18(25)20(17)29)19-7-6-15(26-19)12-16-21(30)27-23(32)28(22(16)31)9-8-13-4-2-1-3-5-13/h1-7,10-12,26,29H,8-9H2,(H,27,30,32). The first kappa shape index (κ1) is 21.4. The Morgan fingerprint density at radius 1 is 1.03 bits per heavy atom. The number of amides is 2. The van der Waals surface area contributed by atoms with Crippen molar-refractivity contribution >= 4 is 35.2 Å². The summed E-state index contributed by atoms with van der Waals surface area (Å²) in [5, 5.41) is 11.8. The summed E-state index contributed by atoms with van der Waals surface area (Å²) in [6.07, 6.45) is 1.91. The lowest BCUT2D eigenvalue weighted by Crippen LogP contribution is -2.54. The quantitative estimate of drug-likeness (QED) is 0.314. The minimum absolute atomic E-state index is 0.0373. The Balaban J connectivity index is 1.57. The molecule has 32 heavy (non-hydrogen) atoms. The summed E-state index contributed by atoms with van der Waals surface area (Å²) < 4.78 is 27.3. The van der Waals surface area contributed by atoms with Crippen LogP contribution in [0.1, 0.15) is 11.3 Å². The number of aromatic nitrogens is 1. The van der Waals surface area contributed by atoms with E-state index in [1.807, 2.05) is 30.3 Å². The second-order valence-corrected chi connectivity index (χ2v) is 7.51. The fourth-order valence-corrected chi connectivity index (χ4v) is 3.59. The van der Waals surface area contributed by atoms with E-state index < -0.39 is 29.2 Å². The molecule has 162 valence electrons. The van der Waals surface area contributed by atoms with Gasteiger partial charge >= 0.3 is 0 Å². The minimum atomic E-state index is -1.10. The van der Waals surface area contributed by atoms with E-state index in [0.717, 1.165) is 17.7 Å². The molecule has 1 aliphatic rings. The number of thiocarbonyl (C=S) groups is 1. The number of aromatic hydroxyl groups is 1. The number of phenolic OH excluding ortho intramolecular Hbond substituents is 1. The van der Waals surface area contributed by atoms with Crippen LogP contribution in [0.15, 0.2) is 60.2 Å². The Morgan fingerprint density at radius 3 is 2.41 bits per heavy atom. The zero-order valence-corrected chi connectivity index (χ0v) is 17.4. The van der Waals surface area contributed by atoms with Gasteiger partial charge in [0.15, 0.2) is 22.5 Å². The number of carbonyl (C=O) groups excluding carboxylic acids is 2. The Morgan fingerprint density at radius 2 is 1.72 bits per heavy atom. The lowest BCUT2D eigenvalue weighted by molar-refractivity contribution is -0.128. The van der Waals surface area contributed by atoms with Crippen molar-refractivity contribution in [1.82, 2.24) is 15.2 Å². The van der Waals surface area contributed by atoms with E-state index in [1.54, 1.807) is 12.1 Å². The smallest absolute Gasteiger partial charge is 0.265 e. The van der Waals surface area contributed by atoms with Gasteiger partial charge in [-0.3, -0.25) is 19.8 Å². The van der Waals surface area contributed by atoms with E-state index in [1.165, 1.54) is 11.0 Å². The van der Waals surface area contributed by atoms with Crippen molar-refractivity contribution in [2.75, 3.05) is 6.54 Å². The molecule has 0 saturated carbocycles. The highest BCUT2D eigenvalue weighted by Crippen LogP contribution is 2.28. The third-order valence-electron chi connectivity index (χ3n) is 4.99. The molecule has 0 radical (unpaired) electrons. The van der Waals surface area contributed by atoms with Crippen LogP contribution in [0.2, 0.25) is 0 Å². The molecule has 3 aromatic rings. The molecule has 1 saturated heterocycles. The third-order valence-corrected chi connectivity index (χ3v) is 5.31. The maximum Gasteiger partial charge on any atom is 0.265 e. The molecule has 4 rings (SSSR count). The molecule has 2 heterocycles. The van der Waals surface area contributed by atoms with Crippen LogP contribution in [-0.2, 0) is 16.0 Å². The van der Waals surface area contributed by atoms with Gasteiger partial charge in [-0.15, -0.1) is 0 Å². The number of H-pyrrole nitrogens is 1. The number of nitrogens with zero attached hydrogens (tertiary/aromatic N) is 1. The van der Waals surface area contributed by atoms with Crippen LogP contribution in [0.3, 0.4) is 0 Å². The van der Waals surface area contributed by atoms with E-state index in [9.17, 15) is 23.5 Å². The molecule has 0 bridgehead atoms. The molecule has 9 heteroatoms. The molecule has 0 unspecified atom stereocenters. The summed E-state index contributed by atoms with van der Waals surface area (Å²) in [5.74, 6) is -4.42. The summed E-state index contributed by atoms with van der Waals surface area (Å²) in [5.41, 5.74) is 1.78. The average Bonchev–Trinajstić information content (AvgIpc) is 3.24. The fraction of sp³-hybridized carbons (Fsp3) is 0.0870. The zero-order chi connectivity index (χ0) is 22.8. The van der Waals surface area contributed by atoms with Crippen LogP contribution in [0, 0.1) is 11.6 Å². The predicted octanol–water partition coefficient (Wildman–Crippen LogP) is 3.53. The summed E-state index contributed by atoms with van der Waals surface area (Å²) >= 11 is 5.16. The van der Waals surface area contributed by atoms with Crippen LogP contribution >= 0.6 is 12.2 Å². The summed E-state index contributed by atoms with van der Waals surface area (Å²) in [7, 11) is 0. The van der Waals surface area contributed by atoms with E-state index in [0.29, 0.717) is 24.4 Å². The highest BCUT2D eigenvalue weighted by molar-refractivity contribution is 7.80. The molecule has 0 atom stereocenters. The van der Waals surface area contributed by atoms with Crippen molar-refractivity contribution in [2.24, 2.45) is 0 Å². The van der Waals surface area contributed by atoms with Crippen LogP contribution < -0.4 is 5.32 Å². The van der Waals surface area contributed by atoms with Gasteiger partial charge in [-0.2, -0.15) is 0 Å². The molecule has 2 aromatic carbocycles. The first-order valence-electron chi connectivity index (χ1n) is 9.63. The van der Waals surface area contributed by atoms with Gasteiger partial charge in [0.05, 0.1) is 0 Å². The highest BCUT2D eigenvalue weighted by Gasteiger charge is 2.33. The predicted molar refractivity (Wildman–Crippen MR) is 118 cm³/mol. The van der Waals surface area contributed by atoms with Crippen LogP contribution in [0.5, 0.6) is 5.75 Å². The maximum absolute atomic E-state index is 13.7. The number of hydrogen-bond acceptors (Lipinski definition) is 4. The van der Waals surface area contributed by atoms with Crippen molar-refractivity contribution in [1.29, 1.82) is 0 Å². The first-order chi connectivity index (χ1) is 15.3. The molecule has 6 nitrogen and oxygen atoms in total. The van der Waals surface area contributed by atoms with Crippen molar-refractivity contribution in [2.45, 2.75) is 6.42 Å². The van der Waals surface area contributed by atoms with Crippen molar-refractivity contribution < 1.29 is 23.5 Å². The molecule has 1 aromatic heterocycles. The van der Waals surface area contributed by atoms with Gasteiger partial charge in [-0.25, -0.2) is 8.78 Å². The van der Waals surface area contributed by atoms with Crippen LogP contribution in [0.25, 0.3) is 17.3 Å². The highest BCUT2D eigenvalue weighted by atomic mass is 32.1. The monoisotopic (exact) mass is 453 g/mol. The normalized spacial score (nSPS) is 15.4. The molecule has 1 aliphatic heterocycles. The summed E-state index contributed by atoms with van der Waals surface area (Å²) in [4.78, 5) is 29.6. The van der Waals surface area contributed by atoms with Crippen LogP contribution in [-0.4, -0.2) is 38.5 Å². The Bertz CT molecular complexity index is 1230. The largest absolute Gasteiger partial charge is 0.503 e. The molecular formula is C23H17F2N3O3S. The van der Waals surface area contributed by atoms with E-state index in [2.05, 4.69) is 10.3 Å². The molecule has 1 fully saturated rings. The second-order valence-electron chi connectivity index (χ2n) is 7.13. The fourth-order valence-electron chi connectivity index (χ4n) is 3.32. The first-order valence-corrected chi connectivity index (χ1v) is 10.0. The lowest BCUT2D eigenvalue weighted by atomic mass is 10.1. The van der Waals surface area contributed by atoms with E-state index >= 15 is 0 Å². The number of carbonyl (C=O) groups is 2. The number of benzene rings is 2. The maximum atomic E-state index is 13.7.